The van der Waals surface area contributed by atoms with Crippen molar-refractivity contribution in [3.63, 3.8) is 0 Å². The van der Waals surface area contributed by atoms with Gasteiger partial charge in [-0.15, -0.1) is 5.10 Å². The number of H-pyrrole nitrogens is 1. The molecule has 0 fully saturated rings. The maximum atomic E-state index is 10.1. The summed E-state index contributed by atoms with van der Waals surface area (Å²) in [6.45, 7) is 1.07. The number of rotatable bonds is 4. The van der Waals surface area contributed by atoms with Crippen LogP contribution in [0.4, 0.5) is 0 Å². The molecule has 0 saturated heterocycles. The second-order valence-corrected chi connectivity index (χ2v) is 2.33. The molecule has 0 bridgehead atoms. The summed E-state index contributed by atoms with van der Waals surface area (Å²) in [5.41, 5.74) is 0.842. The summed E-state index contributed by atoms with van der Waals surface area (Å²) in [4.78, 5) is 11.9. The number of carbonyl (C=O) groups excluding carboxylic acids is 1. The second-order valence-electron chi connectivity index (χ2n) is 2.33. The Bertz CT molecular complexity index is 208. The van der Waals surface area contributed by atoms with Crippen LogP contribution in [-0.4, -0.2) is 40.2 Å². The number of aromatic nitrogens is 3. The van der Waals surface area contributed by atoms with Crippen molar-refractivity contribution in [1.82, 2.24) is 20.3 Å². The van der Waals surface area contributed by atoms with Crippen LogP contribution in [0, 0.1) is 0 Å². The lowest BCUT2D eigenvalue weighted by Gasteiger charge is -2.09. The molecule has 0 atom stereocenters. The lowest BCUT2D eigenvalue weighted by atomic mass is 10.4. The molecule has 1 aromatic heterocycles. The van der Waals surface area contributed by atoms with Gasteiger partial charge in [-0.25, -0.2) is 0 Å². The first-order chi connectivity index (χ1) is 5.33. The van der Waals surface area contributed by atoms with Gasteiger partial charge in [0, 0.05) is 12.7 Å². The van der Waals surface area contributed by atoms with E-state index in [0.717, 1.165) is 12.0 Å². The number of aromatic amines is 1. The van der Waals surface area contributed by atoms with E-state index in [1.807, 2.05) is 11.9 Å². The molecular formula is C6H10N4O. The van der Waals surface area contributed by atoms with Crippen LogP contribution in [0.1, 0.15) is 5.69 Å². The zero-order chi connectivity index (χ0) is 8.10. The molecule has 11 heavy (non-hydrogen) atoms. The van der Waals surface area contributed by atoms with E-state index in [2.05, 4.69) is 15.4 Å². The minimum absolute atomic E-state index is 0.423. The van der Waals surface area contributed by atoms with Crippen molar-refractivity contribution in [3.8, 4) is 0 Å². The first-order valence-electron chi connectivity index (χ1n) is 3.30. The number of likely N-dealkylation sites (N-methyl/N-ethyl adjacent to an activating group) is 1. The fourth-order valence-corrected chi connectivity index (χ4v) is 0.771. The Morgan fingerprint density at radius 2 is 2.64 bits per heavy atom. The van der Waals surface area contributed by atoms with Crippen LogP contribution in [0.2, 0.25) is 0 Å². The molecule has 0 aliphatic heterocycles. The van der Waals surface area contributed by atoms with Gasteiger partial charge in [-0.05, 0) is 7.05 Å². The second kappa shape index (κ2) is 3.82. The molecule has 1 aromatic rings. The lowest BCUT2D eigenvalue weighted by molar-refractivity contribution is -0.108. The normalized spacial score (nSPS) is 10.4. The molecule has 0 saturated carbocycles. The fraction of sp³-hybridized carbons (Fsp3) is 0.500. The number of aldehydes is 1. The van der Waals surface area contributed by atoms with Gasteiger partial charge in [-0.2, -0.15) is 0 Å². The van der Waals surface area contributed by atoms with Crippen LogP contribution in [0.5, 0.6) is 0 Å². The smallest absolute Gasteiger partial charge is 0.133 e. The Morgan fingerprint density at radius 3 is 3.18 bits per heavy atom. The van der Waals surface area contributed by atoms with E-state index in [-0.39, 0.29) is 0 Å². The molecule has 0 amide bonds. The highest BCUT2D eigenvalue weighted by Crippen LogP contribution is 1.93. The van der Waals surface area contributed by atoms with E-state index in [0.29, 0.717) is 13.1 Å². The van der Waals surface area contributed by atoms with Crippen LogP contribution in [0.15, 0.2) is 6.20 Å². The average Bonchev–Trinajstić information content (AvgIpc) is 2.40. The predicted octanol–water partition coefficient (Wildman–Crippen LogP) is -0.565. The molecular weight excluding hydrogens is 144 g/mol. The molecule has 0 aromatic carbocycles. The van der Waals surface area contributed by atoms with Crippen molar-refractivity contribution in [2.75, 3.05) is 13.6 Å². The topological polar surface area (TPSA) is 61.9 Å². The lowest BCUT2D eigenvalue weighted by Crippen LogP contribution is -2.19. The largest absolute Gasteiger partial charge is 0.302 e. The molecule has 1 heterocycles. The summed E-state index contributed by atoms with van der Waals surface area (Å²) in [6, 6.07) is 0. The molecule has 0 spiro atoms. The number of hydrogen-bond acceptors (Lipinski definition) is 4. The number of nitrogens with one attached hydrogen (secondary N) is 1. The Kier molecular flexibility index (Phi) is 2.74. The van der Waals surface area contributed by atoms with Crippen molar-refractivity contribution in [2.24, 2.45) is 0 Å². The molecule has 1 rings (SSSR count). The quantitative estimate of drug-likeness (QED) is 0.590. The van der Waals surface area contributed by atoms with E-state index < -0.39 is 0 Å². The van der Waals surface area contributed by atoms with Crippen molar-refractivity contribution >= 4 is 6.29 Å². The van der Waals surface area contributed by atoms with Crippen LogP contribution in [0.3, 0.4) is 0 Å². The number of nitrogens with zero attached hydrogens (tertiary/aromatic N) is 3. The fourth-order valence-electron chi connectivity index (χ4n) is 0.771. The molecule has 5 heteroatoms. The summed E-state index contributed by atoms with van der Waals surface area (Å²) in [7, 11) is 1.85. The third-order valence-corrected chi connectivity index (χ3v) is 1.29. The van der Waals surface area contributed by atoms with Crippen molar-refractivity contribution < 1.29 is 4.79 Å². The third kappa shape index (κ3) is 2.46. The Hall–Kier alpha value is -1.23. The predicted molar refractivity (Wildman–Crippen MR) is 38.8 cm³/mol. The van der Waals surface area contributed by atoms with Crippen LogP contribution < -0.4 is 0 Å². The zero-order valence-electron chi connectivity index (χ0n) is 6.32. The summed E-state index contributed by atoms with van der Waals surface area (Å²) in [5, 5.41) is 9.92. The minimum Gasteiger partial charge on any atom is -0.302 e. The van der Waals surface area contributed by atoms with Gasteiger partial charge in [-0.3, -0.25) is 10.00 Å². The van der Waals surface area contributed by atoms with Crippen LogP contribution in [-0.2, 0) is 11.3 Å². The number of carbonyl (C=O) groups is 1. The van der Waals surface area contributed by atoms with Gasteiger partial charge in [0.25, 0.3) is 0 Å². The Morgan fingerprint density at radius 1 is 1.82 bits per heavy atom. The molecule has 60 valence electrons. The van der Waals surface area contributed by atoms with Gasteiger partial charge in [0.15, 0.2) is 0 Å². The van der Waals surface area contributed by atoms with Gasteiger partial charge in [0.2, 0.25) is 0 Å². The highest BCUT2D eigenvalue weighted by molar-refractivity contribution is 5.51. The third-order valence-electron chi connectivity index (χ3n) is 1.29. The molecule has 5 nitrogen and oxygen atoms in total. The maximum Gasteiger partial charge on any atom is 0.133 e. The van der Waals surface area contributed by atoms with Crippen LogP contribution in [0.25, 0.3) is 0 Å². The minimum atomic E-state index is 0.423. The highest BCUT2D eigenvalue weighted by atomic mass is 16.1. The molecule has 1 N–H and O–H groups in total. The van der Waals surface area contributed by atoms with Gasteiger partial charge in [-0.1, -0.05) is 5.21 Å². The zero-order valence-corrected chi connectivity index (χ0v) is 6.32. The Balaban J connectivity index is 2.37. The summed E-state index contributed by atoms with van der Waals surface area (Å²) >= 11 is 0. The monoisotopic (exact) mass is 154 g/mol. The van der Waals surface area contributed by atoms with Crippen molar-refractivity contribution in [1.29, 1.82) is 0 Å². The molecule has 0 aliphatic carbocycles. The van der Waals surface area contributed by atoms with Crippen molar-refractivity contribution in [3.05, 3.63) is 11.9 Å². The van der Waals surface area contributed by atoms with Crippen LogP contribution >= 0.6 is 0 Å². The van der Waals surface area contributed by atoms with Gasteiger partial charge >= 0.3 is 0 Å². The van der Waals surface area contributed by atoms with Gasteiger partial charge in [0.05, 0.1) is 12.2 Å². The van der Waals surface area contributed by atoms with E-state index in [4.69, 9.17) is 0 Å². The molecule has 0 aliphatic rings. The molecule has 0 unspecified atom stereocenters. The summed E-state index contributed by atoms with van der Waals surface area (Å²) in [5.74, 6) is 0. The van der Waals surface area contributed by atoms with E-state index in [9.17, 15) is 4.79 Å². The maximum absolute atomic E-state index is 10.1. The van der Waals surface area contributed by atoms with Gasteiger partial charge in [0.1, 0.15) is 6.29 Å². The van der Waals surface area contributed by atoms with Crippen molar-refractivity contribution in [2.45, 2.75) is 6.54 Å². The first-order valence-corrected chi connectivity index (χ1v) is 3.30. The van der Waals surface area contributed by atoms with Gasteiger partial charge < -0.3 is 4.79 Å². The van der Waals surface area contributed by atoms with E-state index in [1.165, 1.54) is 0 Å². The average molecular weight is 154 g/mol. The van der Waals surface area contributed by atoms with E-state index >= 15 is 0 Å². The number of hydrogen-bond donors (Lipinski definition) is 1. The Labute approximate surface area is 64.4 Å². The highest BCUT2D eigenvalue weighted by Gasteiger charge is 2.00. The molecule has 0 radical (unpaired) electrons. The SMILES string of the molecule is CN(CC=O)Cc1c[nH]nn1. The first kappa shape index (κ1) is 7.87. The summed E-state index contributed by atoms with van der Waals surface area (Å²) in [6.07, 6.45) is 2.57. The summed E-state index contributed by atoms with van der Waals surface area (Å²) < 4.78 is 0. The van der Waals surface area contributed by atoms with E-state index in [1.54, 1.807) is 6.20 Å². The standard InChI is InChI=1S/C6H10N4O/c1-10(2-3-11)5-6-4-7-9-8-6/h3-4H,2,5H2,1H3,(H,7,8,9).